The van der Waals surface area contributed by atoms with Crippen molar-refractivity contribution in [2.45, 2.75) is 25.6 Å². The van der Waals surface area contributed by atoms with Gasteiger partial charge >= 0.3 is 0 Å². The van der Waals surface area contributed by atoms with Crippen LogP contribution in [0.5, 0.6) is 0 Å². The van der Waals surface area contributed by atoms with Crippen LogP contribution in [0.1, 0.15) is 18.5 Å². The first kappa shape index (κ1) is 11.2. The van der Waals surface area contributed by atoms with Crippen molar-refractivity contribution in [3.8, 4) is 0 Å². The molecule has 0 aliphatic heterocycles. The van der Waals surface area contributed by atoms with Crippen molar-refractivity contribution in [3.05, 3.63) is 23.5 Å². The number of hydrogen-bond donors (Lipinski definition) is 1. The maximum absolute atomic E-state index is 5.84. The van der Waals surface area contributed by atoms with Gasteiger partial charge in [0.05, 0.1) is 18.4 Å². The van der Waals surface area contributed by atoms with E-state index in [2.05, 4.69) is 16.5 Å². The highest BCUT2D eigenvalue weighted by atomic mass is 32.1. The number of thiazole rings is 1. The molecule has 0 spiro atoms. The van der Waals surface area contributed by atoms with Gasteiger partial charge in [-0.05, 0) is 32.4 Å². The smallest absolute Gasteiger partial charge is 0.193 e. The monoisotopic (exact) mass is 251 g/mol. The molecule has 1 aliphatic carbocycles. The molecular formula is C12H17N3OS. The summed E-state index contributed by atoms with van der Waals surface area (Å²) in [7, 11) is 2.01. The second-order valence-corrected chi connectivity index (χ2v) is 5.53. The van der Waals surface area contributed by atoms with E-state index < -0.39 is 0 Å². The molecule has 0 unspecified atom stereocenters. The minimum atomic E-state index is 0.438. The zero-order valence-corrected chi connectivity index (χ0v) is 10.7. The van der Waals surface area contributed by atoms with Crippen LogP contribution in [0.25, 0.3) is 4.96 Å². The summed E-state index contributed by atoms with van der Waals surface area (Å²) in [5.74, 6) is 0.801. The molecule has 17 heavy (non-hydrogen) atoms. The van der Waals surface area contributed by atoms with Crippen LogP contribution in [0.2, 0.25) is 0 Å². The van der Waals surface area contributed by atoms with E-state index in [1.165, 1.54) is 12.8 Å². The van der Waals surface area contributed by atoms with Crippen molar-refractivity contribution < 1.29 is 4.74 Å². The molecule has 1 fully saturated rings. The van der Waals surface area contributed by atoms with Crippen molar-refractivity contribution in [1.29, 1.82) is 0 Å². The van der Waals surface area contributed by atoms with E-state index in [0.717, 1.165) is 23.1 Å². The molecule has 0 aromatic carbocycles. The second-order valence-electron chi connectivity index (χ2n) is 4.65. The van der Waals surface area contributed by atoms with Gasteiger partial charge in [-0.15, -0.1) is 11.3 Å². The molecule has 0 atom stereocenters. The van der Waals surface area contributed by atoms with Gasteiger partial charge in [-0.3, -0.25) is 4.40 Å². The van der Waals surface area contributed by atoms with Gasteiger partial charge in [0.1, 0.15) is 0 Å². The van der Waals surface area contributed by atoms with Crippen LogP contribution in [-0.4, -0.2) is 29.1 Å². The lowest BCUT2D eigenvalue weighted by Crippen LogP contribution is -2.36. The number of nitrogens with zero attached hydrogens (tertiary/aromatic N) is 2. The standard InChI is InChI=1S/C12H17N3OS/c1-13-6-9-4-11(5-9)16-8-10-7-15-2-3-17-12(15)14-10/h2-3,7,9,11,13H,4-6,8H2,1H3. The highest BCUT2D eigenvalue weighted by Crippen LogP contribution is 2.30. The first-order chi connectivity index (χ1) is 8.35. The molecule has 92 valence electrons. The minimum absolute atomic E-state index is 0.438. The predicted molar refractivity (Wildman–Crippen MR) is 68.3 cm³/mol. The van der Waals surface area contributed by atoms with Crippen LogP contribution < -0.4 is 5.32 Å². The largest absolute Gasteiger partial charge is 0.372 e. The van der Waals surface area contributed by atoms with Gasteiger partial charge in [0.15, 0.2) is 4.96 Å². The Morgan fingerprint density at radius 1 is 1.59 bits per heavy atom. The maximum atomic E-state index is 5.84. The zero-order chi connectivity index (χ0) is 11.7. The lowest BCUT2D eigenvalue weighted by molar-refractivity contribution is -0.0401. The quantitative estimate of drug-likeness (QED) is 0.882. The van der Waals surface area contributed by atoms with Gasteiger partial charge in [0.2, 0.25) is 0 Å². The molecule has 2 heterocycles. The molecule has 1 saturated carbocycles. The lowest BCUT2D eigenvalue weighted by Gasteiger charge is -2.34. The van der Waals surface area contributed by atoms with Gasteiger partial charge in [-0.25, -0.2) is 4.98 Å². The fraction of sp³-hybridized carbons (Fsp3) is 0.583. The molecule has 5 heteroatoms. The van der Waals surface area contributed by atoms with Gasteiger partial charge in [0, 0.05) is 17.8 Å². The summed E-state index contributed by atoms with van der Waals surface area (Å²) in [5, 5.41) is 5.25. The van der Waals surface area contributed by atoms with Crippen LogP contribution in [0.15, 0.2) is 17.8 Å². The summed E-state index contributed by atoms with van der Waals surface area (Å²) < 4.78 is 7.89. The summed E-state index contributed by atoms with van der Waals surface area (Å²) in [6.45, 7) is 1.76. The summed E-state index contributed by atoms with van der Waals surface area (Å²) >= 11 is 1.66. The third kappa shape index (κ3) is 2.36. The zero-order valence-electron chi connectivity index (χ0n) is 9.93. The summed E-state index contributed by atoms with van der Waals surface area (Å²) in [6, 6.07) is 0. The summed E-state index contributed by atoms with van der Waals surface area (Å²) in [5.41, 5.74) is 1.04. The Hall–Kier alpha value is -0.910. The molecule has 2 aromatic rings. The first-order valence-corrected chi connectivity index (χ1v) is 6.90. The van der Waals surface area contributed by atoms with E-state index >= 15 is 0 Å². The van der Waals surface area contributed by atoms with Crippen LogP contribution in [0.3, 0.4) is 0 Å². The van der Waals surface area contributed by atoms with Gasteiger partial charge < -0.3 is 10.1 Å². The van der Waals surface area contributed by atoms with Crippen molar-refractivity contribution in [1.82, 2.24) is 14.7 Å². The Bertz CT molecular complexity index is 458. The van der Waals surface area contributed by atoms with Crippen molar-refractivity contribution in [3.63, 3.8) is 0 Å². The van der Waals surface area contributed by atoms with E-state index in [0.29, 0.717) is 12.7 Å². The van der Waals surface area contributed by atoms with Gasteiger partial charge in [-0.2, -0.15) is 0 Å². The molecule has 2 aromatic heterocycles. The fourth-order valence-electron chi connectivity index (χ4n) is 2.31. The van der Waals surface area contributed by atoms with E-state index in [1.54, 1.807) is 11.3 Å². The average Bonchev–Trinajstić information content (AvgIpc) is 2.81. The van der Waals surface area contributed by atoms with Crippen molar-refractivity contribution >= 4 is 16.3 Å². The second kappa shape index (κ2) is 4.76. The topological polar surface area (TPSA) is 38.6 Å². The molecule has 0 saturated heterocycles. The maximum Gasteiger partial charge on any atom is 0.193 e. The molecule has 0 amide bonds. The molecule has 3 rings (SSSR count). The molecular weight excluding hydrogens is 234 g/mol. The van der Waals surface area contributed by atoms with Crippen LogP contribution in [-0.2, 0) is 11.3 Å². The van der Waals surface area contributed by atoms with Crippen molar-refractivity contribution in [2.24, 2.45) is 5.92 Å². The predicted octanol–water partition coefficient (Wildman–Crippen LogP) is 1.91. The van der Waals surface area contributed by atoms with Crippen LogP contribution in [0.4, 0.5) is 0 Å². The Balaban J connectivity index is 1.47. The third-order valence-electron chi connectivity index (χ3n) is 3.30. The van der Waals surface area contributed by atoms with E-state index in [-0.39, 0.29) is 0 Å². The molecule has 1 aliphatic rings. The lowest BCUT2D eigenvalue weighted by atomic mass is 9.82. The van der Waals surface area contributed by atoms with Crippen LogP contribution >= 0.6 is 11.3 Å². The number of hydrogen-bond acceptors (Lipinski definition) is 4. The number of rotatable bonds is 5. The number of imidazole rings is 1. The van der Waals surface area contributed by atoms with Gasteiger partial charge in [0.25, 0.3) is 0 Å². The molecule has 0 bridgehead atoms. The average molecular weight is 251 g/mol. The molecule has 4 nitrogen and oxygen atoms in total. The summed E-state index contributed by atoms with van der Waals surface area (Å²) in [6.07, 6.45) is 6.89. The van der Waals surface area contributed by atoms with E-state index in [9.17, 15) is 0 Å². The summed E-state index contributed by atoms with van der Waals surface area (Å²) in [4.78, 5) is 5.55. The Morgan fingerprint density at radius 3 is 3.24 bits per heavy atom. The first-order valence-electron chi connectivity index (χ1n) is 6.02. The number of fused-ring (bicyclic) bond motifs is 1. The SMILES string of the molecule is CNCC1CC(OCc2cn3ccsc3n2)C1. The number of nitrogens with one attached hydrogen (secondary N) is 1. The Kier molecular flexibility index (Phi) is 3.13. The Labute approximate surface area is 105 Å². The van der Waals surface area contributed by atoms with Crippen molar-refractivity contribution in [2.75, 3.05) is 13.6 Å². The fourth-order valence-corrected chi connectivity index (χ4v) is 3.03. The normalized spacial score (nSPS) is 24.1. The third-order valence-corrected chi connectivity index (χ3v) is 4.07. The molecule has 0 radical (unpaired) electrons. The highest BCUT2D eigenvalue weighted by Gasteiger charge is 2.29. The minimum Gasteiger partial charge on any atom is -0.372 e. The van der Waals surface area contributed by atoms with Gasteiger partial charge in [-0.1, -0.05) is 0 Å². The van der Waals surface area contributed by atoms with Crippen LogP contribution in [0, 0.1) is 5.92 Å². The van der Waals surface area contributed by atoms with E-state index in [1.807, 2.05) is 23.0 Å². The highest BCUT2D eigenvalue weighted by molar-refractivity contribution is 7.15. The number of ether oxygens (including phenoxy) is 1. The van der Waals surface area contributed by atoms with E-state index in [4.69, 9.17) is 4.74 Å². The Morgan fingerprint density at radius 2 is 2.47 bits per heavy atom. The number of aromatic nitrogens is 2. The molecule has 1 N–H and O–H groups in total.